The van der Waals surface area contributed by atoms with Crippen LogP contribution in [-0.4, -0.2) is 65.0 Å². The zero-order chi connectivity index (χ0) is 26.3. The minimum Gasteiger partial charge on any atom is -0.350 e. The molecule has 1 unspecified atom stereocenters. The van der Waals surface area contributed by atoms with Crippen LogP contribution >= 0.6 is 0 Å². The Morgan fingerprint density at radius 2 is 1.81 bits per heavy atom. The molecule has 1 aromatic carbocycles. The molecule has 0 saturated carbocycles. The molecular weight excluding hydrogens is 471 g/mol. The minimum atomic E-state index is -4.40. The van der Waals surface area contributed by atoms with Crippen LogP contribution in [0.1, 0.15) is 51.7 Å². The summed E-state index contributed by atoms with van der Waals surface area (Å²) < 4.78 is 39.3. The quantitative estimate of drug-likeness (QED) is 0.510. The molecule has 0 aliphatic carbocycles. The number of anilines is 3. The molecule has 0 radical (unpaired) electrons. The van der Waals surface area contributed by atoms with Crippen molar-refractivity contribution in [3.63, 3.8) is 0 Å². The molecule has 3 rings (SSSR count). The molecule has 1 aromatic heterocycles. The van der Waals surface area contributed by atoms with Crippen molar-refractivity contribution in [2.24, 2.45) is 5.92 Å². The topological polar surface area (TPSA) is 77.5 Å². The van der Waals surface area contributed by atoms with E-state index in [-0.39, 0.29) is 24.3 Å². The number of halogens is 3. The third-order valence-corrected chi connectivity index (χ3v) is 6.49. The molecule has 8 nitrogen and oxygen atoms in total. The van der Waals surface area contributed by atoms with Gasteiger partial charge in [-0.05, 0) is 58.2 Å². The highest BCUT2D eigenvalue weighted by atomic mass is 19.4. The predicted molar refractivity (Wildman–Crippen MR) is 135 cm³/mol. The fourth-order valence-corrected chi connectivity index (χ4v) is 4.41. The van der Waals surface area contributed by atoms with E-state index in [0.717, 1.165) is 31.5 Å². The van der Waals surface area contributed by atoms with Crippen molar-refractivity contribution in [1.29, 1.82) is 0 Å². The number of nitrogens with zero attached hydrogens (tertiary/aromatic N) is 6. The van der Waals surface area contributed by atoms with E-state index in [1.807, 2.05) is 42.4 Å². The summed E-state index contributed by atoms with van der Waals surface area (Å²) in [5.41, 5.74) is -0.224. The molecule has 36 heavy (non-hydrogen) atoms. The Hall–Kier alpha value is -3.11. The summed E-state index contributed by atoms with van der Waals surface area (Å²) in [4.78, 5) is 32.7. The van der Waals surface area contributed by atoms with E-state index in [2.05, 4.69) is 15.3 Å². The number of hydrogen-bond acceptors (Lipinski definition) is 7. The summed E-state index contributed by atoms with van der Waals surface area (Å²) in [6.45, 7) is 12.1. The number of carbonyl (C=O) groups excluding carboxylic acids is 1. The lowest BCUT2D eigenvalue weighted by molar-refractivity contribution is -0.137. The number of alkyl halides is 3. The molecule has 1 aliphatic heterocycles. The SMILES string of the molecule is CCN(CC)C(=O)C1CCCN(c2nc(NCc3cccc(C(F)(F)F)c3)nc(N(CC)CC)n2)C1. The fraction of sp³-hybridized carbons (Fsp3) is 0.600. The normalized spacial score (nSPS) is 16.1. The van der Waals surface area contributed by atoms with Crippen LogP contribution in [-0.2, 0) is 17.5 Å². The molecule has 198 valence electrons. The van der Waals surface area contributed by atoms with Crippen LogP contribution in [0.4, 0.5) is 31.0 Å². The fourth-order valence-electron chi connectivity index (χ4n) is 4.41. The summed E-state index contributed by atoms with van der Waals surface area (Å²) in [6.07, 6.45) is -2.74. The second-order valence-electron chi connectivity index (χ2n) is 8.78. The van der Waals surface area contributed by atoms with Gasteiger partial charge in [-0.15, -0.1) is 0 Å². The summed E-state index contributed by atoms with van der Waals surface area (Å²) in [7, 11) is 0. The standard InChI is InChI=1S/C25H36F3N7O/c1-5-33(6-2)21(36)19-12-10-14-35(17-19)24-31-22(30-23(32-24)34(7-3)8-4)29-16-18-11-9-13-20(15-18)25(26,27)28/h9,11,13,15,19H,5-8,10,12,14,16-17H2,1-4H3,(H,29,30,31,32). The van der Waals surface area contributed by atoms with Crippen LogP contribution in [0.15, 0.2) is 24.3 Å². The molecular formula is C25H36F3N7O. The van der Waals surface area contributed by atoms with Gasteiger partial charge in [0.15, 0.2) is 0 Å². The summed E-state index contributed by atoms with van der Waals surface area (Å²) in [5.74, 6) is 1.26. The first kappa shape index (κ1) is 27.5. The van der Waals surface area contributed by atoms with Crippen molar-refractivity contribution in [3.8, 4) is 0 Å². The molecule has 1 saturated heterocycles. The highest BCUT2D eigenvalue weighted by Crippen LogP contribution is 2.30. The highest BCUT2D eigenvalue weighted by Gasteiger charge is 2.31. The van der Waals surface area contributed by atoms with Gasteiger partial charge in [-0.2, -0.15) is 28.1 Å². The zero-order valence-corrected chi connectivity index (χ0v) is 21.5. The van der Waals surface area contributed by atoms with Crippen LogP contribution in [0.25, 0.3) is 0 Å². The van der Waals surface area contributed by atoms with E-state index in [1.54, 1.807) is 6.07 Å². The van der Waals surface area contributed by atoms with E-state index < -0.39 is 11.7 Å². The number of benzene rings is 1. The molecule has 2 aromatic rings. The van der Waals surface area contributed by atoms with E-state index in [1.165, 1.54) is 6.07 Å². The summed E-state index contributed by atoms with van der Waals surface area (Å²) in [5, 5.41) is 3.07. The second kappa shape index (κ2) is 12.2. The number of aromatic nitrogens is 3. The van der Waals surface area contributed by atoms with Crippen molar-refractivity contribution in [2.75, 3.05) is 54.4 Å². The van der Waals surface area contributed by atoms with Crippen LogP contribution in [0.5, 0.6) is 0 Å². The Morgan fingerprint density at radius 1 is 1.08 bits per heavy atom. The van der Waals surface area contributed by atoms with E-state index in [9.17, 15) is 18.0 Å². The number of amides is 1. The molecule has 1 atom stereocenters. The molecule has 1 fully saturated rings. The Morgan fingerprint density at radius 3 is 2.44 bits per heavy atom. The van der Waals surface area contributed by atoms with Crippen molar-refractivity contribution in [3.05, 3.63) is 35.4 Å². The molecule has 1 aliphatic rings. The Balaban J connectivity index is 1.85. The van der Waals surface area contributed by atoms with Crippen LogP contribution < -0.4 is 15.1 Å². The molecule has 0 spiro atoms. The zero-order valence-electron chi connectivity index (χ0n) is 21.5. The van der Waals surface area contributed by atoms with Gasteiger partial charge < -0.3 is 20.0 Å². The number of carbonyl (C=O) groups is 1. The van der Waals surface area contributed by atoms with Crippen molar-refractivity contribution < 1.29 is 18.0 Å². The van der Waals surface area contributed by atoms with E-state index in [4.69, 9.17) is 4.98 Å². The largest absolute Gasteiger partial charge is 0.416 e. The maximum atomic E-state index is 13.1. The first-order chi connectivity index (χ1) is 17.2. The minimum absolute atomic E-state index is 0.131. The van der Waals surface area contributed by atoms with Gasteiger partial charge in [0.2, 0.25) is 23.8 Å². The predicted octanol–water partition coefficient (Wildman–Crippen LogP) is 4.43. The molecule has 11 heteroatoms. The lowest BCUT2D eigenvalue weighted by Crippen LogP contribution is -2.45. The van der Waals surface area contributed by atoms with Gasteiger partial charge in [0.05, 0.1) is 11.5 Å². The third kappa shape index (κ3) is 6.76. The number of hydrogen-bond donors (Lipinski definition) is 1. The number of piperidine rings is 1. The van der Waals surface area contributed by atoms with Crippen LogP contribution in [0, 0.1) is 5.92 Å². The van der Waals surface area contributed by atoms with Crippen LogP contribution in [0.2, 0.25) is 0 Å². The van der Waals surface area contributed by atoms with Gasteiger partial charge in [0, 0.05) is 45.8 Å². The average molecular weight is 508 g/mol. The third-order valence-electron chi connectivity index (χ3n) is 6.49. The maximum absolute atomic E-state index is 13.1. The van der Waals surface area contributed by atoms with Crippen molar-refractivity contribution >= 4 is 23.8 Å². The van der Waals surface area contributed by atoms with Crippen molar-refractivity contribution in [1.82, 2.24) is 19.9 Å². The summed E-state index contributed by atoms with van der Waals surface area (Å²) >= 11 is 0. The molecule has 2 heterocycles. The van der Waals surface area contributed by atoms with E-state index >= 15 is 0 Å². The summed E-state index contributed by atoms with van der Waals surface area (Å²) in [6, 6.07) is 5.19. The Kier molecular flexibility index (Phi) is 9.33. The lowest BCUT2D eigenvalue weighted by Gasteiger charge is -2.35. The van der Waals surface area contributed by atoms with Gasteiger partial charge in [0.25, 0.3) is 0 Å². The van der Waals surface area contributed by atoms with E-state index in [0.29, 0.717) is 50.2 Å². The number of nitrogens with one attached hydrogen (secondary N) is 1. The Labute approximate surface area is 210 Å². The Bertz CT molecular complexity index is 1010. The smallest absolute Gasteiger partial charge is 0.350 e. The van der Waals surface area contributed by atoms with Gasteiger partial charge in [-0.3, -0.25) is 4.79 Å². The molecule has 0 bridgehead atoms. The van der Waals surface area contributed by atoms with Gasteiger partial charge >= 0.3 is 6.18 Å². The monoisotopic (exact) mass is 507 g/mol. The lowest BCUT2D eigenvalue weighted by atomic mass is 9.96. The molecule has 1 amide bonds. The molecule has 1 N–H and O–H groups in total. The van der Waals surface area contributed by atoms with Gasteiger partial charge in [-0.25, -0.2) is 0 Å². The van der Waals surface area contributed by atoms with Gasteiger partial charge in [-0.1, -0.05) is 12.1 Å². The maximum Gasteiger partial charge on any atom is 0.416 e. The second-order valence-corrected chi connectivity index (χ2v) is 8.78. The van der Waals surface area contributed by atoms with Gasteiger partial charge in [0.1, 0.15) is 0 Å². The first-order valence-corrected chi connectivity index (χ1v) is 12.6. The number of rotatable bonds is 10. The first-order valence-electron chi connectivity index (χ1n) is 12.6. The highest BCUT2D eigenvalue weighted by molar-refractivity contribution is 5.79. The average Bonchev–Trinajstić information content (AvgIpc) is 2.88. The van der Waals surface area contributed by atoms with Crippen LogP contribution in [0.3, 0.4) is 0 Å². The van der Waals surface area contributed by atoms with Crippen molar-refractivity contribution in [2.45, 2.75) is 53.3 Å².